The van der Waals surface area contributed by atoms with E-state index in [1.54, 1.807) is 0 Å². The van der Waals surface area contributed by atoms with E-state index < -0.39 is 69.4 Å². The van der Waals surface area contributed by atoms with Crippen LogP contribution in [0.15, 0.2) is 65.6 Å². The van der Waals surface area contributed by atoms with Gasteiger partial charge in [0.1, 0.15) is 23.4 Å². The Balaban J connectivity index is 1.83. The molecule has 1 aliphatic heterocycles. The first-order valence-corrected chi connectivity index (χ1v) is 13.1. The molecule has 0 saturated carbocycles. The Hall–Kier alpha value is -3.94. The van der Waals surface area contributed by atoms with Crippen LogP contribution in [0.1, 0.15) is 18.9 Å². The van der Waals surface area contributed by atoms with Crippen LogP contribution in [0.4, 0.5) is 32.0 Å². The van der Waals surface area contributed by atoms with Gasteiger partial charge >= 0.3 is 18.8 Å². The normalized spacial score (nSPS) is 16.3. The minimum Gasteiger partial charge on any atom is -0.486 e. The molecule has 214 valence electrons. The van der Waals surface area contributed by atoms with Crippen molar-refractivity contribution in [2.45, 2.75) is 37.1 Å². The average Bonchev–Trinajstić information content (AvgIpc) is 2.86. The van der Waals surface area contributed by atoms with Crippen LogP contribution in [0, 0.1) is 11.7 Å². The number of alkyl halides is 5. The molecule has 0 bridgehead atoms. The Morgan fingerprint density at radius 3 is 2.48 bits per heavy atom. The lowest BCUT2D eigenvalue weighted by molar-refractivity contribution is -0.142. The van der Waals surface area contributed by atoms with E-state index in [2.05, 4.69) is 4.74 Å². The molecule has 0 spiro atoms. The highest BCUT2D eigenvalue weighted by Crippen LogP contribution is 2.42. The number of hydrogen-bond acceptors (Lipinski definition) is 5. The van der Waals surface area contributed by atoms with E-state index >= 15 is 0 Å². The molecule has 14 heteroatoms. The van der Waals surface area contributed by atoms with Gasteiger partial charge < -0.3 is 14.6 Å². The van der Waals surface area contributed by atoms with Crippen LogP contribution in [0.5, 0.6) is 11.5 Å². The van der Waals surface area contributed by atoms with E-state index in [0.29, 0.717) is 12.1 Å². The Morgan fingerprint density at radius 2 is 1.82 bits per heavy atom. The number of carboxylic acid groups (broad SMARTS) is 1. The number of anilines is 1. The summed E-state index contributed by atoms with van der Waals surface area (Å²) in [6, 6.07) is 9.89. The third-order valence-corrected chi connectivity index (χ3v) is 7.88. The highest BCUT2D eigenvalue weighted by molar-refractivity contribution is 7.92. The van der Waals surface area contributed by atoms with Crippen LogP contribution in [0.2, 0.25) is 0 Å². The molecule has 0 amide bonds. The molecule has 0 saturated heterocycles. The number of aliphatic carboxylic acids is 1. The highest BCUT2D eigenvalue weighted by atomic mass is 32.2. The fourth-order valence-corrected chi connectivity index (χ4v) is 5.74. The quantitative estimate of drug-likeness (QED) is 0.316. The van der Waals surface area contributed by atoms with Gasteiger partial charge in [-0.1, -0.05) is 19.1 Å². The van der Waals surface area contributed by atoms with Gasteiger partial charge in [-0.15, -0.1) is 0 Å². The van der Waals surface area contributed by atoms with Gasteiger partial charge in [0, 0.05) is 6.07 Å². The van der Waals surface area contributed by atoms with E-state index in [4.69, 9.17) is 4.74 Å². The highest BCUT2D eigenvalue weighted by Gasteiger charge is 2.38. The molecule has 0 aliphatic carbocycles. The van der Waals surface area contributed by atoms with Gasteiger partial charge in [-0.25, -0.2) is 12.8 Å². The van der Waals surface area contributed by atoms with Crippen molar-refractivity contribution in [1.82, 2.24) is 0 Å². The second-order valence-corrected chi connectivity index (χ2v) is 10.9. The summed E-state index contributed by atoms with van der Waals surface area (Å²) in [5.41, 5.74) is -1.13. The molecule has 4 rings (SSSR count). The summed E-state index contributed by atoms with van der Waals surface area (Å²) >= 11 is 0. The summed E-state index contributed by atoms with van der Waals surface area (Å²) in [6.45, 7) is -2.29. The average molecular weight is 590 g/mol. The van der Waals surface area contributed by atoms with Gasteiger partial charge in [0.25, 0.3) is 10.0 Å². The molecule has 1 aliphatic rings. The van der Waals surface area contributed by atoms with E-state index in [1.807, 2.05) is 0 Å². The number of nitrogens with zero attached hydrogens (tertiary/aromatic N) is 1. The van der Waals surface area contributed by atoms with Crippen LogP contribution in [0.25, 0.3) is 11.1 Å². The molecule has 2 atom stereocenters. The van der Waals surface area contributed by atoms with Crippen molar-refractivity contribution in [1.29, 1.82) is 0 Å². The molecule has 1 N–H and O–H groups in total. The van der Waals surface area contributed by atoms with Crippen LogP contribution in [-0.2, 0) is 21.0 Å². The number of sulfonamides is 1. The SMILES string of the molecule is C[C@@H](C[C@H]1CN(S(=O)(=O)c2cccc(C(F)(F)F)c2)c2cc(-c3cc(F)cc(OC(F)F)c3)ccc2O1)C(=O)O. The zero-order valence-electron chi connectivity index (χ0n) is 20.5. The number of rotatable bonds is 8. The summed E-state index contributed by atoms with van der Waals surface area (Å²) in [6.07, 6.45) is -5.93. The van der Waals surface area contributed by atoms with Crippen LogP contribution in [-0.4, -0.2) is 38.8 Å². The smallest absolute Gasteiger partial charge is 0.416 e. The van der Waals surface area contributed by atoms with E-state index in [0.717, 1.165) is 34.6 Å². The zero-order valence-corrected chi connectivity index (χ0v) is 21.3. The second kappa shape index (κ2) is 10.9. The number of carboxylic acids is 1. The Bertz CT molecular complexity index is 1530. The standard InChI is InChI=1S/C26H21F6NO6S/c1-14(24(34)35)7-20-13-33(40(36,37)21-4-2-3-17(11-21)26(30,31)32)22-10-15(5-6-23(22)38-20)16-8-18(27)12-19(9-16)39-25(28)29/h2-6,8-12,14,20,25H,7,13H2,1H3,(H,34,35)/t14-,20-/m0/s1. The summed E-state index contributed by atoms with van der Waals surface area (Å²) in [5, 5.41) is 9.30. The predicted molar refractivity (Wildman–Crippen MR) is 130 cm³/mol. The second-order valence-electron chi connectivity index (χ2n) is 9.01. The number of ether oxygens (including phenoxy) is 2. The Kier molecular flexibility index (Phi) is 7.92. The van der Waals surface area contributed by atoms with Gasteiger partial charge in [0.15, 0.2) is 0 Å². The summed E-state index contributed by atoms with van der Waals surface area (Å²) in [4.78, 5) is 10.7. The number of carbonyl (C=O) groups is 1. The first-order chi connectivity index (χ1) is 18.6. The van der Waals surface area contributed by atoms with Crippen molar-refractivity contribution in [2.75, 3.05) is 10.8 Å². The van der Waals surface area contributed by atoms with Gasteiger partial charge in [-0.2, -0.15) is 22.0 Å². The minimum absolute atomic E-state index is 0.0337. The number of benzene rings is 3. The largest absolute Gasteiger partial charge is 0.486 e. The molecule has 0 aromatic heterocycles. The molecule has 0 radical (unpaired) electrons. The molecule has 3 aromatic rings. The van der Waals surface area contributed by atoms with Crippen LogP contribution in [0.3, 0.4) is 0 Å². The molecule has 7 nitrogen and oxygen atoms in total. The maximum absolute atomic E-state index is 14.2. The lowest BCUT2D eigenvalue weighted by atomic mass is 10.0. The minimum atomic E-state index is -4.82. The fourth-order valence-electron chi connectivity index (χ4n) is 4.20. The van der Waals surface area contributed by atoms with Gasteiger partial charge in [0.2, 0.25) is 0 Å². The summed E-state index contributed by atoms with van der Waals surface area (Å²) in [5.74, 6) is -3.54. The first kappa shape index (κ1) is 29.1. The van der Waals surface area contributed by atoms with Crippen molar-refractivity contribution in [3.63, 3.8) is 0 Å². The topological polar surface area (TPSA) is 93.1 Å². The van der Waals surface area contributed by atoms with Crippen molar-refractivity contribution in [2.24, 2.45) is 5.92 Å². The molecular weight excluding hydrogens is 568 g/mol. The molecule has 0 unspecified atom stereocenters. The predicted octanol–water partition coefficient (Wildman–Crippen LogP) is 6.18. The Morgan fingerprint density at radius 1 is 1.10 bits per heavy atom. The van der Waals surface area contributed by atoms with Gasteiger partial charge in [0.05, 0.1) is 28.6 Å². The van der Waals surface area contributed by atoms with E-state index in [9.17, 15) is 44.7 Å². The number of halogens is 6. The van der Waals surface area contributed by atoms with Crippen LogP contribution < -0.4 is 13.8 Å². The van der Waals surface area contributed by atoms with Crippen molar-refractivity contribution >= 4 is 21.7 Å². The maximum atomic E-state index is 14.2. The third kappa shape index (κ3) is 6.27. The number of hydrogen-bond donors (Lipinski definition) is 1. The van der Waals surface area contributed by atoms with E-state index in [-0.39, 0.29) is 29.0 Å². The van der Waals surface area contributed by atoms with Crippen molar-refractivity contribution in [3.8, 4) is 22.6 Å². The maximum Gasteiger partial charge on any atom is 0.416 e. The van der Waals surface area contributed by atoms with Crippen LogP contribution >= 0.6 is 0 Å². The van der Waals surface area contributed by atoms with Crippen molar-refractivity contribution in [3.05, 3.63) is 72.0 Å². The summed E-state index contributed by atoms with van der Waals surface area (Å²) in [7, 11) is -4.67. The molecule has 40 heavy (non-hydrogen) atoms. The fraction of sp³-hybridized carbons (Fsp3) is 0.269. The van der Waals surface area contributed by atoms with Gasteiger partial charge in [-0.05, 0) is 60.0 Å². The Labute approximate surface area is 224 Å². The zero-order chi connectivity index (χ0) is 29.4. The van der Waals surface area contributed by atoms with Gasteiger partial charge in [-0.3, -0.25) is 9.10 Å². The molecule has 3 aromatic carbocycles. The molecule has 1 heterocycles. The van der Waals surface area contributed by atoms with Crippen molar-refractivity contribution < 1.29 is 54.1 Å². The lowest BCUT2D eigenvalue weighted by Crippen LogP contribution is -2.44. The monoisotopic (exact) mass is 589 g/mol. The summed E-state index contributed by atoms with van der Waals surface area (Å²) < 4.78 is 118. The molecular formula is C26H21F6NO6S. The lowest BCUT2D eigenvalue weighted by Gasteiger charge is -2.36. The van der Waals surface area contributed by atoms with E-state index in [1.165, 1.54) is 25.1 Å². The first-order valence-electron chi connectivity index (χ1n) is 11.6. The number of fused-ring (bicyclic) bond motifs is 1. The third-order valence-electron chi connectivity index (χ3n) is 6.11. The molecule has 0 fully saturated rings.